The van der Waals surface area contributed by atoms with Crippen molar-refractivity contribution in [2.24, 2.45) is 0 Å². The minimum Gasteiger partial charge on any atom is -0.436 e. The molecule has 7 rings (SSSR count). The van der Waals surface area contributed by atoms with Crippen LogP contribution in [0.5, 0.6) is 0 Å². The number of anilines is 2. The van der Waals surface area contributed by atoms with Crippen LogP contribution in [-0.2, 0) is 19.2 Å². The second-order valence-corrected chi connectivity index (χ2v) is 13.6. The smallest absolute Gasteiger partial charge is 0.239 e. The van der Waals surface area contributed by atoms with Crippen molar-refractivity contribution in [1.29, 1.82) is 0 Å². The number of carbonyl (C=O) groups excluding carboxylic acids is 4. The number of rotatable bonds is 10. The first-order chi connectivity index (χ1) is 23.9. The molecule has 4 aliphatic heterocycles. The average molecular weight is 668 g/mol. The molecule has 4 saturated heterocycles. The predicted molar refractivity (Wildman–Crippen MR) is 185 cm³/mol. The van der Waals surface area contributed by atoms with E-state index in [9.17, 15) is 19.2 Å². The summed E-state index contributed by atoms with van der Waals surface area (Å²) in [4.78, 5) is 59.8. The van der Waals surface area contributed by atoms with Crippen LogP contribution in [0.25, 0.3) is 22.8 Å². The molecule has 4 fully saturated rings. The summed E-state index contributed by atoms with van der Waals surface area (Å²) in [6, 6.07) is 14.4. The Morgan fingerprint density at radius 3 is 1.63 bits per heavy atom. The van der Waals surface area contributed by atoms with Crippen molar-refractivity contribution >= 4 is 35.0 Å². The molecular weight excluding hydrogens is 622 g/mol. The third kappa shape index (κ3) is 7.70. The molecule has 5 heterocycles. The summed E-state index contributed by atoms with van der Waals surface area (Å²) in [5.41, 5.74) is 2.94. The first kappa shape index (κ1) is 33.0. The standard InChI is InChI=1S/C37H45N7O5/c45-33(21-28-5-3-19-43(28)36(47)30-7-1-17-38-30)41-26-13-9-24(10-14-26)32-23-40-35(49-32)25-11-15-27(16-12-25)42-34(46)22-29-6-4-20-44(29)37(48)31-8-2-18-39-31/h9-16,23,28-31,38-39H,1-8,17-22H2,(H,41,45)(H,42,46)/t28-,29-,30-,31-/m0/s1. The van der Waals surface area contributed by atoms with Crippen LogP contribution in [0.4, 0.5) is 11.4 Å². The second kappa shape index (κ2) is 14.9. The van der Waals surface area contributed by atoms with Gasteiger partial charge in [-0.05, 0) is 113 Å². The lowest BCUT2D eigenvalue weighted by atomic mass is 10.1. The topological polar surface area (TPSA) is 149 Å². The van der Waals surface area contributed by atoms with Crippen molar-refractivity contribution in [1.82, 2.24) is 25.4 Å². The Morgan fingerprint density at radius 2 is 1.16 bits per heavy atom. The molecule has 4 N–H and O–H groups in total. The Morgan fingerprint density at radius 1 is 0.673 bits per heavy atom. The van der Waals surface area contributed by atoms with Crippen molar-refractivity contribution < 1.29 is 23.6 Å². The third-order valence-electron chi connectivity index (χ3n) is 10.3. The number of hydrogen-bond acceptors (Lipinski definition) is 8. The van der Waals surface area contributed by atoms with E-state index in [-0.39, 0.29) is 60.6 Å². The van der Waals surface area contributed by atoms with E-state index >= 15 is 0 Å². The lowest BCUT2D eigenvalue weighted by molar-refractivity contribution is -0.135. The Kier molecular flexibility index (Phi) is 10.0. The summed E-state index contributed by atoms with van der Waals surface area (Å²) in [5, 5.41) is 12.5. The van der Waals surface area contributed by atoms with Crippen LogP contribution in [0.1, 0.15) is 64.2 Å². The molecular formula is C37H45N7O5. The average Bonchev–Trinajstić information content (AvgIpc) is 3.95. The minimum absolute atomic E-state index is 0.0640. The quantitative estimate of drug-likeness (QED) is 0.252. The van der Waals surface area contributed by atoms with Gasteiger partial charge in [-0.1, -0.05) is 0 Å². The number of amides is 4. The molecule has 0 aliphatic carbocycles. The maximum absolute atomic E-state index is 12.9. The SMILES string of the molecule is O=C(C[C@@H]1CCCN1C(=O)[C@@H]1CCCN1)Nc1ccc(-c2cnc(-c3ccc(NC(=O)C[C@@H]4CCCN4C(=O)[C@@H]4CCCN4)cc3)o2)cc1. The highest BCUT2D eigenvalue weighted by Crippen LogP contribution is 2.29. The van der Waals surface area contributed by atoms with Crippen LogP contribution in [0.2, 0.25) is 0 Å². The van der Waals surface area contributed by atoms with E-state index in [2.05, 4.69) is 26.3 Å². The number of nitrogens with zero attached hydrogens (tertiary/aromatic N) is 3. The second-order valence-electron chi connectivity index (χ2n) is 13.6. The molecule has 258 valence electrons. The monoisotopic (exact) mass is 667 g/mol. The molecule has 4 aliphatic rings. The summed E-state index contributed by atoms with van der Waals surface area (Å²) in [6.45, 7) is 3.17. The van der Waals surface area contributed by atoms with Gasteiger partial charge in [-0.3, -0.25) is 19.2 Å². The van der Waals surface area contributed by atoms with Gasteiger partial charge >= 0.3 is 0 Å². The van der Waals surface area contributed by atoms with E-state index in [0.29, 0.717) is 36.1 Å². The number of aromatic nitrogens is 1. The van der Waals surface area contributed by atoms with Gasteiger partial charge in [0.25, 0.3) is 0 Å². The lowest BCUT2D eigenvalue weighted by Gasteiger charge is -2.27. The molecule has 12 heteroatoms. The molecule has 0 unspecified atom stereocenters. The Labute approximate surface area is 286 Å². The van der Waals surface area contributed by atoms with Gasteiger partial charge in [0.2, 0.25) is 29.5 Å². The molecule has 49 heavy (non-hydrogen) atoms. The highest BCUT2D eigenvalue weighted by Gasteiger charge is 2.36. The van der Waals surface area contributed by atoms with Gasteiger partial charge in [0.05, 0.1) is 18.3 Å². The van der Waals surface area contributed by atoms with Crippen LogP contribution in [0.3, 0.4) is 0 Å². The van der Waals surface area contributed by atoms with Crippen LogP contribution < -0.4 is 21.3 Å². The van der Waals surface area contributed by atoms with Gasteiger partial charge < -0.3 is 35.5 Å². The molecule has 4 atom stereocenters. The van der Waals surface area contributed by atoms with Crippen molar-refractivity contribution in [3.8, 4) is 22.8 Å². The van der Waals surface area contributed by atoms with E-state index in [4.69, 9.17) is 4.42 Å². The highest BCUT2D eigenvalue weighted by atomic mass is 16.4. The van der Waals surface area contributed by atoms with Crippen molar-refractivity contribution in [3.63, 3.8) is 0 Å². The lowest BCUT2D eigenvalue weighted by Crippen LogP contribution is -2.46. The maximum Gasteiger partial charge on any atom is 0.239 e. The van der Waals surface area contributed by atoms with Gasteiger partial charge in [-0.2, -0.15) is 0 Å². The molecule has 2 aromatic carbocycles. The van der Waals surface area contributed by atoms with Crippen LogP contribution in [0.15, 0.2) is 59.1 Å². The molecule has 0 spiro atoms. The highest BCUT2D eigenvalue weighted by molar-refractivity contribution is 5.93. The normalized spacial score (nSPS) is 23.6. The first-order valence-corrected chi connectivity index (χ1v) is 17.8. The predicted octanol–water partition coefficient (Wildman–Crippen LogP) is 4.15. The largest absolute Gasteiger partial charge is 0.436 e. The third-order valence-corrected chi connectivity index (χ3v) is 10.3. The van der Waals surface area contributed by atoms with Gasteiger partial charge in [0.1, 0.15) is 0 Å². The minimum atomic E-state index is -0.115. The fourth-order valence-corrected chi connectivity index (χ4v) is 7.67. The van der Waals surface area contributed by atoms with Gasteiger partial charge in [-0.25, -0.2) is 4.98 Å². The summed E-state index contributed by atoms with van der Waals surface area (Å²) in [5.74, 6) is 1.08. The van der Waals surface area contributed by atoms with Crippen molar-refractivity contribution in [2.75, 3.05) is 36.8 Å². The van der Waals surface area contributed by atoms with E-state index in [1.54, 1.807) is 6.20 Å². The summed E-state index contributed by atoms with van der Waals surface area (Å²) < 4.78 is 6.06. The number of carbonyl (C=O) groups is 4. The fourth-order valence-electron chi connectivity index (χ4n) is 7.67. The Balaban J connectivity index is 0.895. The number of nitrogens with one attached hydrogen (secondary N) is 4. The molecule has 1 aromatic heterocycles. The number of oxazole rings is 1. The van der Waals surface area contributed by atoms with E-state index in [0.717, 1.165) is 75.6 Å². The van der Waals surface area contributed by atoms with Crippen LogP contribution >= 0.6 is 0 Å². The number of hydrogen-bond donors (Lipinski definition) is 4. The van der Waals surface area contributed by atoms with Crippen LogP contribution in [0, 0.1) is 0 Å². The first-order valence-electron chi connectivity index (χ1n) is 17.8. The van der Waals surface area contributed by atoms with E-state index in [1.165, 1.54) is 0 Å². The van der Waals surface area contributed by atoms with Crippen molar-refractivity contribution in [2.45, 2.75) is 88.4 Å². The molecule has 0 bridgehead atoms. The molecule has 12 nitrogen and oxygen atoms in total. The zero-order valence-corrected chi connectivity index (χ0v) is 27.8. The Bertz CT molecular complexity index is 1520. The summed E-state index contributed by atoms with van der Waals surface area (Å²) >= 11 is 0. The number of likely N-dealkylation sites (tertiary alicyclic amines) is 2. The zero-order valence-electron chi connectivity index (χ0n) is 27.8. The molecule has 3 aromatic rings. The summed E-state index contributed by atoms with van der Waals surface area (Å²) in [7, 11) is 0. The maximum atomic E-state index is 12.9. The van der Waals surface area contributed by atoms with E-state index < -0.39 is 0 Å². The molecule has 0 saturated carbocycles. The fraction of sp³-hybridized carbons (Fsp3) is 0.486. The Hall–Kier alpha value is -4.55. The zero-order chi connectivity index (χ0) is 33.7. The van der Waals surface area contributed by atoms with Crippen molar-refractivity contribution in [3.05, 3.63) is 54.7 Å². The van der Waals surface area contributed by atoms with Crippen LogP contribution in [-0.4, -0.2) is 88.8 Å². The number of benzene rings is 2. The molecule has 4 amide bonds. The molecule has 0 radical (unpaired) electrons. The van der Waals surface area contributed by atoms with Gasteiger partial charge in [-0.15, -0.1) is 0 Å². The van der Waals surface area contributed by atoms with Gasteiger partial charge in [0, 0.05) is 60.5 Å². The van der Waals surface area contributed by atoms with Gasteiger partial charge in [0.15, 0.2) is 5.76 Å². The van der Waals surface area contributed by atoms with E-state index in [1.807, 2.05) is 58.3 Å². The summed E-state index contributed by atoms with van der Waals surface area (Å²) in [6.07, 6.45) is 9.52.